The van der Waals surface area contributed by atoms with Gasteiger partial charge < -0.3 is 4.74 Å². The van der Waals surface area contributed by atoms with Crippen molar-refractivity contribution in [2.24, 2.45) is 5.10 Å². The lowest BCUT2D eigenvalue weighted by Crippen LogP contribution is -2.52. The van der Waals surface area contributed by atoms with E-state index >= 15 is 0 Å². The third-order valence-electron chi connectivity index (χ3n) is 1.90. The molecule has 0 radical (unpaired) electrons. The fourth-order valence-electron chi connectivity index (χ4n) is 1.25. The molecule has 0 amide bonds. The SMILES string of the molecule is ClC1=CC(Cl)=NN(N2CCOCC2)N1. The number of nitrogens with one attached hydrogen (secondary N) is 1. The Hall–Kier alpha value is -0.490. The van der Waals surface area contributed by atoms with E-state index in [9.17, 15) is 0 Å². The van der Waals surface area contributed by atoms with Crippen molar-refractivity contribution in [1.82, 2.24) is 15.7 Å². The van der Waals surface area contributed by atoms with Gasteiger partial charge >= 0.3 is 0 Å². The van der Waals surface area contributed by atoms with Crippen LogP contribution in [-0.2, 0) is 4.74 Å². The van der Waals surface area contributed by atoms with Crippen LogP contribution in [-0.4, -0.2) is 41.7 Å². The van der Waals surface area contributed by atoms with Crippen molar-refractivity contribution in [3.05, 3.63) is 11.2 Å². The van der Waals surface area contributed by atoms with Gasteiger partial charge in [0.1, 0.15) is 5.16 Å². The molecule has 2 aliphatic rings. The Balaban J connectivity index is 2.01. The van der Waals surface area contributed by atoms with Crippen LogP contribution < -0.4 is 5.43 Å². The fraction of sp³-hybridized carbons (Fsp3) is 0.571. The molecule has 5 nitrogen and oxygen atoms in total. The average Bonchev–Trinajstić information content (AvgIpc) is 2.18. The average molecular weight is 237 g/mol. The predicted octanol–water partition coefficient (Wildman–Crippen LogP) is 0.686. The number of ether oxygens (including phenoxy) is 1. The molecule has 0 aromatic carbocycles. The van der Waals surface area contributed by atoms with Gasteiger partial charge in [-0.05, 0) is 0 Å². The number of morpholine rings is 1. The molecule has 2 rings (SSSR count). The highest BCUT2D eigenvalue weighted by atomic mass is 35.5. The van der Waals surface area contributed by atoms with Crippen molar-refractivity contribution in [3.8, 4) is 0 Å². The minimum atomic E-state index is 0.361. The minimum absolute atomic E-state index is 0.361. The van der Waals surface area contributed by atoms with Crippen LogP contribution in [0.3, 0.4) is 0 Å². The van der Waals surface area contributed by atoms with Crippen LogP contribution in [0.2, 0.25) is 0 Å². The number of halogens is 2. The monoisotopic (exact) mass is 236 g/mol. The first-order chi connectivity index (χ1) is 6.75. The minimum Gasteiger partial charge on any atom is -0.379 e. The summed E-state index contributed by atoms with van der Waals surface area (Å²) in [6.45, 7) is 2.91. The Morgan fingerprint density at radius 1 is 1.36 bits per heavy atom. The summed E-state index contributed by atoms with van der Waals surface area (Å²) in [6, 6.07) is 0. The highest BCUT2D eigenvalue weighted by molar-refractivity contribution is 6.69. The van der Waals surface area contributed by atoms with Crippen LogP contribution in [0.5, 0.6) is 0 Å². The van der Waals surface area contributed by atoms with E-state index in [2.05, 4.69) is 10.5 Å². The van der Waals surface area contributed by atoms with Crippen LogP contribution in [0, 0.1) is 0 Å². The molecular formula is C7H10Cl2N4O. The van der Waals surface area contributed by atoms with E-state index < -0.39 is 0 Å². The van der Waals surface area contributed by atoms with E-state index in [0.717, 1.165) is 13.1 Å². The van der Waals surface area contributed by atoms with Gasteiger partial charge in [-0.3, -0.25) is 5.43 Å². The second-order valence-corrected chi connectivity index (χ2v) is 3.68. The van der Waals surface area contributed by atoms with Gasteiger partial charge in [-0.2, -0.15) is 5.01 Å². The zero-order chi connectivity index (χ0) is 9.97. The number of hydrazone groups is 1. The smallest absolute Gasteiger partial charge is 0.155 e. The highest BCUT2D eigenvalue weighted by Crippen LogP contribution is 2.11. The molecule has 0 bridgehead atoms. The summed E-state index contributed by atoms with van der Waals surface area (Å²) in [6.07, 6.45) is 1.56. The van der Waals surface area contributed by atoms with Crippen molar-refractivity contribution >= 4 is 28.4 Å². The van der Waals surface area contributed by atoms with Crippen molar-refractivity contribution in [3.63, 3.8) is 0 Å². The predicted molar refractivity (Wildman–Crippen MR) is 54.6 cm³/mol. The number of hydrogen-bond donors (Lipinski definition) is 1. The summed E-state index contributed by atoms with van der Waals surface area (Å²) in [5, 5.41) is 8.41. The molecule has 2 heterocycles. The summed E-state index contributed by atoms with van der Waals surface area (Å²) >= 11 is 11.6. The molecule has 0 aromatic rings. The number of hydrogen-bond acceptors (Lipinski definition) is 5. The molecule has 2 aliphatic heterocycles. The molecule has 0 spiro atoms. The van der Waals surface area contributed by atoms with Gasteiger partial charge in [0, 0.05) is 19.2 Å². The quantitative estimate of drug-likeness (QED) is 0.681. The molecule has 1 N–H and O–H groups in total. The molecule has 1 saturated heterocycles. The number of hydrazine groups is 2. The van der Waals surface area contributed by atoms with Crippen LogP contribution >= 0.6 is 23.2 Å². The maximum absolute atomic E-state index is 5.81. The largest absolute Gasteiger partial charge is 0.379 e. The van der Waals surface area contributed by atoms with E-state index in [4.69, 9.17) is 27.9 Å². The molecule has 7 heteroatoms. The van der Waals surface area contributed by atoms with Crippen LogP contribution in [0.1, 0.15) is 0 Å². The molecule has 0 aromatic heterocycles. The van der Waals surface area contributed by atoms with Gasteiger partial charge in [-0.15, -0.1) is 10.3 Å². The summed E-state index contributed by atoms with van der Waals surface area (Å²) in [7, 11) is 0. The first kappa shape index (κ1) is 10.0. The topological polar surface area (TPSA) is 40.1 Å². The van der Waals surface area contributed by atoms with E-state index in [-0.39, 0.29) is 0 Å². The Kier molecular flexibility index (Phi) is 3.12. The third-order valence-corrected chi connectivity index (χ3v) is 2.28. The second-order valence-electron chi connectivity index (χ2n) is 2.88. The molecule has 78 valence electrons. The van der Waals surface area contributed by atoms with Crippen LogP contribution in [0.4, 0.5) is 0 Å². The third kappa shape index (κ3) is 2.30. The Bertz CT molecular complexity index is 275. The fourth-order valence-corrected chi connectivity index (χ4v) is 1.67. The van der Waals surface area contributed by atoms with Gasteiger partial charge in [0.05, 0.1) is 13.2 Å². The van der Waals surface area contributed by atoms with Gasteiger partial charge in [0.25, 0.3) is 0 Å². The van der Waals surface area contributed by atoms with Gasteiger partial charge in [0.15, 0.2) is 5.17 Å². The van der Waals surface area contributed by atoms with Crippen molar-refractivity contribution in [2.45, 2.75) is 0 Å². The first-order valence-corrected chi connectivity index (χ1v) is 5.02. The molecule has 1 fully saturated rings. The van der Waals surface area contributed by atoms with E-state index in [1.54, 1.807) is 11.3 Å². The molecule has 0 saturated carbocycles. The summed E-state index contributed by atoms with van der Waals surface area (Å²) in [5.74, 6) is 0. The van der Waals surface area contributed by atoms with Gasteiger partial charge in [0.2, 0.25) is 0 Å². The Morgan fingerprint density at radius 3 is 2.71 bits per heavy atom. The van der Waals surface area contributed by atoms with Crippen molar-refractivity contribution < 1.29 is 4.74 Å². The number of rotatable bonds is 1. The second kappa shape index (κ2) is 4.35. The lowest BCUT2D eigenvalue weighted by molar-refractivity contribution is -0.112. The summed E-state index contributed by atoms with van der Waals surface area (Å²) in [5.41, 5.74) is 2.87. The van der Waals surface area contributed by atoms with E-state index in [1.807, 2.05) is 5.01 Å². The Morgan fingerprint density at radius 2 is 2.07 bits per heavy atom. The maximum Gasteiger partial charge on any atom is 0.155 e. The number of nitrogens with zero attached hydrogens (tertiary/aromatic N) is 3. The maximum atomic E-state index is 5.81. The van der Waals surface area contributed by atoms with E-state index in [1.165, 1.54) is 0 Å². The van der Waals surface area contributed by atoms with Crippen LogP contribution in [0.25, 0.3) is 0 Å². The number of allylic oxidation sites excluding steroid dienone is 1. The molecule has 0 unspecified atom stereocenters. The standard InChI is InChI=1S/C7H10Cl2N4O/c8-6-5-7(9)11-13(10-6)12-1-3-14-4-2-12/h5,10H,1-4H2. The molecule has 0 atom stereocenters. The summed E-state index contributed by atoms with van der Waals surface area (Å²) in [4.78, 5) is 0. The lowest BCUT2D eigenvalue weighted by Gasteiger charge is -2.36. The normalized spacial score (nSPS) is 24.0. The van der Waals surface area contributed by atoms with Gasteiger partial charge in [-0.25, -0.2) is 0 Å². The molecular weight excluding hydrogens is 227 g/mol. The van der Waals surface area contributed by atoms with Crippen molar-refractivity contribution in [2.75, 3.05) is 26.3 Å². The lowest BCUT2D eigenvalue weighted by atomic mass is 10.5. The van der Waals surface area contributed by atoms with E-state index in [0.29, 0.717) is 23.5 Å². The van der Waals surface area contributed by atoms with Gasteiger partial charge in [-0.1, -0.05) is 23.2 Å². The molecule has 14 heavy (non-hydrogen) atoms. The first-order valence-electron chi connectivity index (χ1n) is 4.26. The highest BCUT2D eigenvalue weighted by Gasteiger charge is 2.20. The Labute approximate surface area is 91.8 Å². The zero-order valence-electron chi connectivity index (χ0n) is 7.41. The van der Waals surface area contributed by atoms with Crippen LogP contribution in [0.15, 0.2) is 16.3 Å². The zero-order valence-corrected chi connectivity index (χ0v) is 8.92. The van der Waals surface area contributed by atoms with Crippen molar-refractivity contribution in [1.29, 1.82) is 0 Å². The molecule has 0 aliphatic carbocycles. The summed E-state index contributed by atoms with van der Waals surface area (Å²) < 4.78 is 5.22.